The summed E-state index contributed by atoms with van der Waals surface area (Å²) in [6.07, 6.45) is 2.12. The second-order valence-corrected chi connectivity index (χ2v) is 4.37. The molecule has 0 amide bonds. The van der Waals surface area contributed by atoms with Crippen molar-refractivity contribution in [3.63, 3.8) is 0 Å². The zero-order chi connectivity index (χ0) is 12.6. The molecular weight excluding hydrogens is 240 g/mol. The zero-order valence-corrected chi connectivity index (χ0v) is 10.1. The van der Waals surface area contributed by atoms with Gasteiger partial charge in [-0.05, 0) is 24.6 Å². The van der Waals surface area contributed by atoms with Crippen LogP contribution < -0.4 is 5.73 Å². The molecule has 17 heavy (non-hydrogen) atoms. The fourth-order valence-electron chi connectivity index (χ4n) is 1.90. The van der Waals surface area contributed by atoms with E-state index in [-0.39, 0.29) is 6.42 Å². The summed E-state index contributed by atoms with van der Waals surface area (Å²) in [5.74, 6) is -1.01. The predicted molar refractivity (Wildman–Crippen MR) is 66.5 cm³/mol. The van der Waals surface area contributed by atoms with Crippen LogP contribution in [-0.2, 0) is 11.2 Å². The minimum absolute atomic E-state index is 0.263. The number of fused-ring (bicyclic) bond motifs is 1. The summed E-state index contributed by atoms with van der Waals surface area (Å²) in [7, 11) is 0. The molecule has 0 saturated heterocycles. The number of nitrogens with zero attached hydrogens (tertiary/aromatic N) is 1. The van der Waals surface area contributed by atoms with Gasteiger partial charge in [-0.2, -0.15) is 0 Å². The van der Waals surface area contributed by atoms with Crippen molar-refractivity contribution >= 4 is 23.1 Å². The number of hydrogen-bond donors (Lipinski definition) is 2. The van der Waals surface area contributed by atoms with Gasteiger partial charge in [0.15, 0.2) is 0 Å². The van der Waals surface area contributed by atoms with Gasteiger partial charge in [0.05, 0.1) is 10.5 Å². The van der Waals surface area contributed by atoms with Crippen molar-refractivity contribution in [1.82, 2.24) is 4.40 Å². The molecule has 2 rings (SSSR count). The maximum Gasteiger partial charge on any atom is 0.320 e. The van der Waals surface area contributed by atoms with Crippen molar-refractivity contribution in [3.05, 3.63) is 40.7 Å². The third-order valence-corrected chi connectivity index (χ3v) is 3.35. The van der Waals surface area contributed by atoms with Crippen LogP contribution in [-0.4, -0.2) is 21.5 Å². The Balaban J connectivity index is 2.53. The first kappa shape index (κ1) is 12.0. The number of aromatic nitrogens is 1. The lowest BCUT2D eigenvalue weighted by Gasteiger charge is -2.08. The number of carboxylic acid groups (broad SMARTS) is 1. The van der Waals surface area contributed by atoms with Crippen molar-refractivity contribution in [2.75, 3.05) is 0 Å². The molecule has 0 saturated carbocycles. The van der Waals surface area contributed by atoms with E-state index in [1.807, 2.05) is 35.7 Å². The van der Waals surface area contributed by atoms with Gasteiger partial charge in [-0.25, -0.2) is 0 Å². The summed E-state index contributed by atoms with van der Waals surface area (Å²) < 4.78 is 1.89. The minimum atomic E-state index is -1.01. The van der Waals surface area contributed by atoms with Crippen molar-refractivity contribution in [2.45, 2.75) is 19.4 Å². The number of hydrogen-bond acceptors (Lipinski definition) is 2. The van der Waals surface area contributed by atoms with Crippen molar-refractivity contribution < 1.29 is 9.90 Å². The van der Waals surface area contributed by atoms with E-state index in [0.29, 0.717) is 5.02 Å². The molecule has 90 valence electrons. The normalized spacial score (nSPS) is 12.9. The molecule has 0 fully saturated rings. The lowest BCUT2D eigenvalue weighted by atomic mass is 10.1. The summed E-state index contributed by atoms with van der Waals surface area (Å²) in [6, 6.07) is 4.74. The monoisotopic (exact) mass is 252 g/mol. The number of aliphatic carboxylic acids is 1. The highest BCUT2D eigenvalue weighted by Gasteiger charge is 2.19. The molecule has 1 unspecified atom stereocenters. The number of carboxylic acids is 1. The topological polar surface area (TPSA) is 67.7 Å². The van der Waals surface area contributed by atoms with Gasteiger partial charge in [0.1, 0.15) is 6.04 Å². The maximum absolute atomic E-state index is 10.8. The van der Waals surface area contributed by atoms with Crippen molar-refractivity contribution in [3.8, 4) is 0 Å². The average Bonchev–Trinajstić information content (AvgIpc) is 2.55. The van der Waals surface area contributed by atoms with Gasteiger partial charge in [-0.15, -0.1) is 0 Å². The van der Waals surface area contributed by atoms with E-state index in [9.17, 15) is 4.79 Å². The number of rotatable bonds is 3. The fourth-order valence-corrected chi connectivity index (χ4v) is 2.17. The molecule has 2 aromatic rings. The smallest absolute Gasteiger partial charge is 0.320 e. The zero-order valence-electron chi connectivity index (χ0n) is 9.35. The Morgan fingerprint density at radius 3 is 2.94 bits per heavy atom. The van der Waals surface area contributed by atoms with E-state index >= 15 is 0 Å². The highest BCUT2D eigenvalue weighted by Crippen LogP contribution is 2.28. The number of carbonyl (C=O) groups is 1. The molecule has 0 aromatic carbocycles. The molecule has 0 radical (unpaired) electrons. The van der Waals surface area contributed by atoms with E-state index in [4.69, 9.17) is 22.4 Å². The predicted octanol–water partition coefficient (Wildman–Crippen LogP) is 1.86. The summed E-state index contributed by atoms with van der Waals surface area (Å²) in [4.78, 5) is 10.8. The van der Waals surface area contributed by atoms with Crippen LogP contribution in [0.15, 0.2) is 24.4 Å². The maximum atomic E-state index is 10.8. The van der Waals surface area contributed by atoms with E-state index in [1.54, 1.807) is 0 Å². The van der Waals surface area contributed by atoms with Gasteiger partial charge in [0.25, 0.3) is 0 Å². The lowest BCUT2D eigenvalue weighted by molar-refractivity contribution is -0.138. The van der Waals surface area contributed by atoms with Crippen LogP contribution in [0, 0.1) is 6.92 Å². The van der Waals surface area contributed by atoms with E-state index in [0.717, 1.165) is 16.8 Å². The second-order valence-electron chi connectivity index (χ2n) is 3.99. The summed E-state index contributed by atoms with van der Waals surface area (Å²) >= 11 is 6.20. The quantitative estimate of drug-likeness (QED) is 0.876. The summed E-state index contributed by atoms with van der Waals surface area (Å²) in [5.41, 5.74) is 8.17. The molecule has 0 spiro atoms. The van der Waals surface area contributed by atoms with Gasteiger partial charge in [0.2, 0.25) is 0 Å². The third kappa shape index (κ3) is 2.01. The van der Waals surface area contributed by atoms with Crippen LogP contribution in [0.25, 0.3) is 5.52 Å². The molecule has 3 N–H and O–H groups in total. The molecule has 0 aliphatic rings. The Morgan fingerprint density at radius 2 is 2.29 bits per heavy atom. The molecule has 1 atom stereocenters. The van der Waals surface area contributed by atoms with Crippen molar-refractivity contribution in [2.24, 2.45) is 5.73 Å². The molecule has 0 aliphatic heterocycles. The summed E-state index contributed by atoms with van der Waals surface area (Å²) in [5, 5.41) is 9.50. The largest absolute Gasteiger partial charge is 0.480 e. The first-order valence-corrected chi connectivity index (χ1v) is 5.62. The molecule has 4 nitrogen and oxygen atoms in total. The lowest BCUT2D eigenvalue weighted by Crippen LogP contribution is -2.32. The second kappa shape index (κ2) is 4.39. The van der Waals surface area contributed by atoms with Crippen LogP contribution in [0.5, 0.6) is 0 Å². The SMILES string of the molecule is Cc1c(Cl)c2ccccn2c1CC(N)C(=O)O. The Bertz CT molecular complexity index is 577. The Hall–Kier alpha value is -1.52. The summed E-state index contributed by atoms with van der Waals surface area (Å²) in [6.45, 7) is 1.87. The number of pyridine rings is 1. The van der Waals surface area contributed by atoms with E-state index < -0.39 is 12.0 Å². The highest BCUT2D eigenvalue weighted by molar-refractivity contribution is 6.34. The molecule has 0 bridgehead atoms. The van der Waals surface area contributed by atoms with Crippen LogP contribution >= 0.6 is 11.6 Å². The van der Waals surface area contributed by atoms with Crippen molar-refractivity contribution in [1.29, 1.82) is 0 Å². The standard InChI is InChI=1S/C12H13ClN2O2/c1-7-10(6-8(14)12(16)17)15-5-3-2-4-9(15)11(7)13/h2-5,8H,6,14H2,1H3,(H,16,17). The van der Waals surface area contributed by atoms with Crippen LogP contribution in [0.1, 0.15) is 11.3 Å². The molecule has 2 heterocycles. The molecule has 0 aliphatic carbocycles. The van der Waals surface area contributed by atoms with Crippen LogP contribution in [0.4, 0.5) is 0 Å². The molecular formula is C12H13ClN2O2. The van der Waals surface area contributed by atoms with Gasteiger partial charge in [-0.3, -0.25) is 4.79 Å². The minimum Gasteiger partial charge on any atom is -0.480 e. The van der Waals surface area contributed by atoms with Gasteiger partial charge in [-0.1, -0.05) is 17.7 Å². The average molecular weight is 253 g/mol. The van der Waals surface area contributed by atoms with E-state index in [1.165, 1.54) is 0 Å². The molecule has 2 aromatic heterocycles. The van der Waals surface area contributed by atoms with E-state index in [2.05, 4.69) is 0 Å². The van der Waals surface area contributed by atoms with Gasteiger partial charge < -0.3 is 15.2 Å². The van der Waals surface area contributed by atoms with Gasteiger partial charge in [0, 0.05) is 18.3 Å². The Morgan fingerprint density at radius 1 is 1.59 bits per heavy atom. The first-order chi connectivity index (χ1) is 8.02. The fraction of sp³-hybridized carbons (Fsp3) is 0.250. The Labute approximate surface area is 104 Å². The Kier molecular flexibility index (Phi) is 3.09. The first-order valence-electron chi connectivity index (χ1n) is 5.24. The number of nitrogens with two attached hydrogens (primary N) is 1. The number of halogens is 1. The molecule has 5 heteroatoms. The highest BCUT2D eigenvalue weighted by atomic mass is 35.5. The van der Waals surface area contributed by atoms with Crippen LogP contribution in [0.3, 0.4) is 0 Å². The van der Waals surface area contributed by atoms with Gasteiger partial charge >= 0.3 is 5.97 Å². The third-order valence-electron chi connectivity index (χ3n) is 2.87. The van der Waals surface area contributed by atoms with Crippen LogP contribution in [0.2, 0.25) is 5.02 Å².